The Hall–Kier alpha value is -3.46. The highest BCUT2D eigenvalue weighted by Crippen LogP contribution is 2.47. The van der Waals surface area contributed by atoms with Gasteiger partial charge in [0, 0.05) is 6.54 Å². The normalized spacial score (nSPS) is 25.9. The van der Waals surface area contributed by atoms with Gasteiger partial charge in [-0.2, -0.15) is 18.4 Å². The van der Waals surface area contributed by atoms with Crippen LogP contribution in [-0.4, -0.2) is 54.5 Å². The molecule has 9 nitrogen and oxygen atoms in total. The van der Waals surface area contributed by atoms with Crippen molar-refractivity contribution in [1.82, 2.24) is 16.0 Å². The first-order valence-electron chi connectivity index (χ1n) is 13.3. The number of anilines is 1. The fourth-order valence-electron chi connectivity index (χ4n) is 5.85. The number of benzene rings is 1. The molecule has 1 aromatic carbocycles. The van der Waals surface area contributed by atoms with Crippen LogP contribution in [0.5, 0.6) is 0 Å². The van der Waals surface area contributed by atoms with Crippen LogP contribution in [0.25, 0.3) is 0 Å². The van der Waals surface area contributed by atoms with Crippen LogP contribution in [-0.2, 0) is 24.6 Å². The van der Waals surface area contributed by atoms with E-state index in [-0.39, 0.29) is 37.6 Å². The van der Waals surface area contributed by atoms with Crippen LogP contribution in [0.2, 0.25) is 0 Å². The number of carbonyl (C=O) groups excluding carboxylic acids is 4. The van der Waals surface area contributed by atoms with Gasteiger partial charge in [0.15, 0.2) is 0 Å². The Morgan fingerprint density at radius 1 is 1.08 bits per heavy atom. The van der Waals surface area contributed by atoms with Crippen molar-refractivity contribution in [3.8, 4) is 6.07 Å². The summed E-state index contributed by atoms with van der Waals surface area (Å²) in [7, 11) is 0. The third-order valence-electron chi connectivity index (χ3n) is 8.41. The van der Waals surface area contributed by atoms with Gasteiger partial charge in [-0.25, -0.2) is 4.90 Å². The smallest absolute Gasteiger partial charge is 0.342 e. The molecule has 0 aromatic heterocycles. The molecule has 5 rings (SSSR count). The minimum atomic E-state index is -5.15. The standard InChI is InChI=1S/C27H30F3N5O4/c28-27(29,30)24(38)34-19(10-15-4-3-5-15)22(36)33-20(11-16-8-9-16)23(37)35-21-7-2-1-6-18(21)26(25(35)39)12-17(13-31)32-14-26/h1-2,6-7,15-17,19-20,32H,3-5,8-12,14H2,(H,33,36)(H,34,38)/t17-,19-,20-,26-/m0/s1. The fourth-order valence-corrected chi connectivity index (χ4v) is 5.85. The molecule has 208 valence electrons. The number of halogens is 3. The van der Waals surface area contributed by atoms with Crippen LogP contribution in [0.15, 0.2) is 24.3 Å². The number of carbonyl (C=O) groups is 4. The maximum absolute atomic E-state index is 13.9. The lowest BCUT2D eigenvalue weighted by molar-refractivity contribution is -0.175. The van der Waals surface area contributed by atoms with Crippen LogP contribution < -0.4 is 20.9 Å². The maximum atomic E-state index is 13.9. The molecule has 4 aliphatic rings. The molecule has 2 saturated carbocycles. The molecule has 3 fully saturated rings. The Balaban J connectivity index is 1.39. The Morgan fingerprint density at radius 3 is 2.33 bits per heavy atom. The molecule has 12 heteroatoms. The van der Waals surface area contributed by atoms with Crippen molar-refractivity contribution in [2.45, 2.75) is 81.1 Å². The number of fused-ring (bicyclic) bond motifs is 2. The molecule has 1 aromatic rings. The zero-order valence-corrected chi connectivity index (χ0v) is 21.2. The minimum Gasteiger partial charge on any atom is -0.342 e. The average molecular weight is 546 g/mol. The lowest BCUT2D eigenvalue weighted by Gasteiger charge is -2.31. The quantitative estimate of drug-likeness (QED) is 0.459. The molecule has 3 N–H and O–H groups in total. The van der Waals surface area contributed by atoms with Gasteiger partial charge in [0.2, 0.25) is 11.8 Å². The molecule has 4 amide bonds. The van der Waals surface area contributed by atoms with E-state index in [0.29, 0.717) is 11.3 Å². The van der Waals surface area contributed by atoms with Gasteiger partial charge in [-0.1, -0.05) is 50.3 Å². The first-order valence-corrected chi connectivity index (χ1v) is 13.3. The summed E-state index contributed by atoms with van der Waals surface area (Å²) in [4.78, 5) is 53.8. The number of alkyl halides is 3. The molecular formula is C27H30F3N5O4. The van der Waals surface area contributed by atoms with Crippen LogP contribution in [0.3, 0.4) is 0 Å². The largest absolute Gasteiger partial charge is 0.471 e. The van der Waals surface area contributed by atoms with Crippen LogP contribution in [0.4, 0.5) is 18.9 Å². The lowest BCUT2D eigenvalue weighted by atomic mass is 9.79. The van der Waals surface area contributed by atoms with Gasteiger partial charge >= 0.3 is 12.1 Å². The molecule has 2 aliphatic carbocycles. The second-order valence-electron chi connectivity index (χ2n) is 11.1. The van der Waals surface area contributed by atoms with Crippen molar-refractivity contribution in [2.75, 3.05) is 11.4 Å². The Kier molecular flexibility index (Phi) is 7.13. The van der Waals surface area contributed by atoms with Crippen molar-refractivity contribution in [1.29, 1.82) is 5.26 Å². The lowest BCUT2D eigenvalue weighted by Crippen LogP contribution is -2.57. The minimum absolute atomic E-state index is 0.00158. The summed E-state index contributed by atoms with van der Waals surface area (Å²) >= 11 is 0. The highest BCUT2D eigenvalue weighted by Gasteiger charge is 2.57. The van der Waals surface area contributed by atoms with Gasteiger partial charge in [0.05, 0.1) is 23.2 Å². The fraction of sp³-hybridized carbons (Fsp3) is 0.593. The van der Waals surface area contributed by atoms with E-state index in [0.717, 1.165) is 37.0 Å². The van der Waals surface area contributed by atoms with Gasteiger partial charge in [-0.15, -0.1) is 0 Å². The number of para-hydroxylation sites is 1. The first kappa shape index (κ1) is 27.1. The number of rotatable bonds is 8. The van der Waals surface area contributed by atoms with Crippen LogP contribution in [0.1, 0.15) is 56.9 Å². The average Bonchev–Trinajstić information content (AvgIpc) is 3.53. The topological polar surface area (TPSA) is 131 Å². The number of hydrogen-bond acceptors (Lipinski definition) is 6. The van der Waals surface area contributed by atoms with E-state index in [2.05, 4.69) is 16.7 Å². The van der Waals surface area contributed by atoms with Crippen molar-refractivity contribution < 1.29 is 32.3 Å². The summed E-state index contributed by atoms with van der Waals surface area (Å²) in [6.45, 7) is 0.178. The predicted octanol–water partition coefficient (Wildman–Crippen LogP) is 2.21. The third kappa shape index (κ3) is 5.24. The predicted molar refractivity (Wildman–Crippen MR) is 132 cm³/mol. The van der Waals surface area contributed by atoms with E-state index in [1.54, 1.807) is 24.3 Å². The van der Waals surface area contributed by atoms with Crippen LogP contribution in [0, 0.1) is 23.2 Å². The number of nitrogens with one attached hydrogen (secondary N) is 3. The second-order valence-corrected chi connectivity index (χ2v) is 11.1. The monoisotopic (exact) mass is 545 g/mol. The summed E-state index contributed by atoms with van der Waals surface area (Å²) in [5.41, 5.74) is -0.112. The van der Waals surface area contributed by atoms with Crippen LogP contribution >= 0.6 is 0 Å². The molecule has 0 unspecified atom stereocenters. The van der Waals surface area contributed by atoms with Gasteiger partial charge in [0.1, 0.15) is 12.1 Å². The number of amides is 4. The number of hydrogen-bond donors (Lipinski definition) is 3. The van der Waals surface area contributed by atoms with Gasteiger partial charge < -0.3 is 16.0 Å². The Bertz CT molecular complexity index is 1220. The van der Waals surface area contributed by atoms with Gasteiger partial charge in [-0.05, 0) is 42.7 Å². The van der Waals surface area contributed by atoms with Gasteiger partial charge in [0.25, 0.3) is 5.91 Å². The molecule has 0 bridgehead atoms. The van der Waals surface area contributed by atoms with E-state index in [9.17, 15) is 37.6 Å². The summed E-state index contributed by atoms with van der Waals surface area (Å²) in [5.74, 6) is -4.12. The Labute approximate surface area is 223 Å². The van der Waals surface area contributed by atoms with E-state index in [1.165, 1.54) is 0 Å². The van der Waals surface area contributed by atoms with Crippen molar-refractivity contribution >= 4 is 29.3 Å². The Morgan fingerprint density at radius 2 is 1.74 bits per heavy atom. The first-order chi connectivity index (χ1) is 18.5. The van der Waals surface area contributed by atoms with E-state index in [1.807, 2.05) is 5.32 Å². The molecule has 1 spiro atoms. The number of imide groups is 1. The molecule has 1 saturated heterocycles. The highest BCUT2D eigenvalue weighted by molar-refractivity contribution is 6.24. The summed E-state index contributed by atoms with van der Waals surface area (Å²) in [6, 6.07) is 5.75. The molecule has 2 aliphatic heterocycles. The SMILES string of the molecule is N#C[C@@H]1C[C@@]2(CN1)C(=O)N(C(=O)[C@H](CC1CC1)NC(=O)[C@H](CC1CCC1)NC(=O)C(F)(F)F)c1ccccc12. The molecular weight excluding hydrogens is 515 g/mol. The molecule has 4 atom stereocenters. The van der Waals surface area contributed by atoms with Crippen molar-refractivity contribution in [3.05, 3.63) is 29.8 Å². The summed E-state index contributed by atoms with van der Waals surface area (Å²) in [6.07, 6.45) is -0.650. The van der Waals surface area contributed by atoms with Gasteiger partial charge in [-0.3, -0.25) is 19.2 Å². The van der Waals surface area contributed by atoms with Crippen molar-refractivity contribution in [2.24, 2.45) is 11.8 Å². The molecule has 0 radical (unpaired) electrons. The summed E-state index contributed by atoms with van der Waals surface area (Å²) < 4.78 is 39.0. The second kappa shape index (κ2) is 10.3. The zero-order chi connectivity index (χ0) is 27.9. The summed E-state index contributed by atoms with van der Waals surface area (Å²) in [5, 5.41) is 16.8. The third-order valence-corrected chi connectivity index (χ3v) is 8.41. The van der Waals surface area contributed by atoms with E-state index in [4.69, 9.17) is 0 Å². The molecule has 39 heavy (non-hydrogen) atoms. The number of nitriles is 1. The molecule has 2 heterocycles. The number of nitrogens with zero attached hydrogens (tertiary/aromatic N) is 2. The zero-order valence-electron chi connectivity index (χ0n) is 21.2. The highest BCUT2D eigenvalue weighted by atomic mass is 19.4. The van der Waals surface area contributed by atoms with E-state index < -0.39 is 53.3 Å². The van der Waals surface area contributed by atoms with E-state index >= 15 is 0 Å². The van der Waals surface area contributed by atoms with Crippen molar-refractivity contribution in [3.63, 3.8) is 0 Å². The maximum Gasteiger partial charge on any atom is 0.471 e.